The van der Waals surface area contributed by atoms with Gasteiger partial charge in [0.25, 0.3) is 0 Å². The van der Waals surface area contributed by atoms with Crippen molar-refractivity contribution in [3.63, 3.8) is 0 Å². The van der Waals surface area contributed by atoms with Gasteiger partial charge in [-0.25, -0.2) is 0 Å². The first-order chi connectivity index (χ1) is 11.8. The zero-order chi connectivity index (χ0) is 17.5. The first-order valence-corrected chi connectivity index (χ1v) is 9.66. The van der Waals surface area contributed by atoms with E-state index in [4.69, 9.17) is 9.47 Å². The minimum atomic E-state index is 0.317. The lowest BCUT2D eigenvalue weighted by Gasteiger charge is -2.17. The molecule has 1 aliphatic heterocycles. The Labute approximate surface area is 148 Å². The fourth-order valence-electron chi connectivity index (χ4n) is 2.59. The maximum absolute atomic E-state index is 5.67. The number of ether oxygens (including phenoxy) is 2. The summed E-state index contributed by atoms with van der Waals surface area (Å²) in [5, 5.41) is 6.69. The molecule has 1 unspecified atom stereocenters. The van der Waals surface area contributed by atoms with Crippen LogP contribution in [0.25, 0.3) is 0 Å². The van der Waals surface area contributed by atoms with Gasteiger partial charge in [-0.05, 0) is 46.2 Å². The van der Waals surface area contributed by atoms with Crippen molar-refractivity contribution in [3.8, 4) is 0 Å². The maximum Gasteiger partial charge on any atom is 0.191 e. The largest absolute Gasteiger partial charge is 0.379 e. The van der Waals surface area contributed by atoms with E-state index >= 15 is 0 Å². The van der Waals surface area contributed by atoms with Crippen LogP contribution in [0.1, 0.15) is 46.0 Å². The fourth-order valence-corrected chi connectivity index (χ4v) is 2.59. The maximum atomic E-state index is 5.67. The van der Waals surface area contributed by atoms with Crippen LogP contribution in [-0.4, -0.2) is 76.6 Å². The number of hydrogen-bond acceptors (Lipinski definition) is 4. The molecular formula is C18H38N4O2. The van der Waals surface area contributed by atoms with E-state index in [0.29, 0.717) is 6.10 Å². The molecule has 0 radical (unpaired) electrons. The normalized spacial score (nSPS) is 18.3. The van der Waals surface area contributed by atoms with Crippen molar-refractivity contribution in [3.05, 3.63) is 0 Å². The van der Waals surface area contributed by atoms with E-state index in [1.165, 1.54) is 19.3 Å². The Bertz CT molecular complexity index is 320. The van der Waals surface area contributed by atoms with Gasteiger partial charge in [-0.1, -0.05) is 13.3 Å². The van der Waals surface area contributed by atoms with Crippen LogP contribution in [0, 0.1) is 0 Å². The SMILES string of the molecule is CCCCN(C)CCNC(=NCCCOCC1CCCO1)NCC. The van der Waals surface area contributed by atoms with Gasteiger partial charge in [-0.3, -0.25) is 4.99 Å². The Morgan fingerprint density at radius 3 is 2.83 bits per heavy atom. The first-order valence-electron chi connectivity index (χ1n) is 9.66. The van der Waals surface area contributed by atoms with Gasteiger partial charge in [-0.15, -0.1) is 0 Å². The number of likely N-dealkylation sites (N-methyl/N-ethyl adjacent to an activating group) is 1. The highest BCUT2D eigenvalue weighted by molar-refractivity contribution is 5.79. The Morgan fingerprint density at radius 2 is 2.12 bits per heavy atom. The third-order valence-electron chi connectivity index (χ3n) is 4.07. The summed E-state index contributed by atoms with van der Waals surface area (Å²) in [4.78, 5) is 6.97. The lowest BCUT2D eigenvalue weighted by molar-refractivity contribution is 0.0171. The second-order valence-corrected chi connectivity index (χ2v) is 6.41. The minimum Gasteiger partial charge on any atom is -0.379 e. The molecule has 6 heteroatoms. The molecule has 0 saturated carbocycles. The molecule has 0 amide bonds. The predicted molar refractivity (Wildman–Crippen MR) is 101 cm³/mol. The summed E-state index contributed by atoms with van der Waals surface area (Å²) in [6, 6.07) is 0. The minimum absolute atomic E-state index is 0.317. The van der Waals surface area contributed by atoms with Gasteiger partial charge < -0.3 is 25.0 Å². The van der Waals surface area contributed by atoms with Crippen LogP contribution >= 0.6 is 0 Å². The van der Waals surface area contributed by atoms with Crippen molar-refractivity contribution in [2.75, 3.05) is 59.6 Å². The van der Waals surface area contributed by atoms with Crippen LogP contribution in [0.2, 0.25) is 0 Å². The second-order valence-electron chi connectivity index (χ2n) is 6.41. The van der Waals surface area contributed by atoms with E-state index in [2.05, 4.69) is 41.4 Å². The van der Waals surface area contributed by atoms with Crippen LogP contribution in [0.5, 0.6) is 0 Å². The molecule has 0 bridgehead atoms. The molecule has 1 heterocycles. The van der Waals surface area contributed by atoms with Gasteiger partial charge in [-0.2, -0.15) is 0 Å². The molecule has 1 fully saturated rings. The summed E-state index contributed by atoms with van der Waals surface area (Å²) in [6.07, 6.45) is 6.08. The smallest absolute Gasteiger partial charge is 0.191 e. The standard InChI is InChI=1S/C18H38N4O2/c1-4-6-12-22(3)13-11-21-18(19-5-2)20-10-8-14-23-16-17-9-7-15-24-17/h17H,4-16H2,1-3H3,(H2,19,20,21). The number of nitrogens with zero attached hydrogens (tertiary/aromatic N) is 2. The molecule has 6 nitrogen and oxygen atoms in total. The van der Waals surface area contributed by atoms with Crippen LogP contribution in [0.3, 0.4) is 0 Å². The summed E-state index contributed by atoms with van der Waals surface area (Å²) in [6.45, 7) is 11.5. The molecular weight excluding hydrogens is 304 g/mol. The molecule has 0 aromatic heterocycles. The predicted octanol–water partition coefficient (Wildman–Crippen LogP) is 1.86. The number of unbranched alkanes of at least 4 members (excludes halogenated alkanes) is 1. The van der Waals surface area contributed by atoms with E-state index in [0.717, 1.165) is 71.3 Å². The van der Waals surface area contributed by atoms with E-state index in [1.807, 2.05) is 0 Å². The van der Waals surface area contributed by atoms with Crippen molar-refractivity contribution >= 4 is 5.96 Å². The van der Waals surface area contributed by atoms with Crippen molar-refractivity contribution in [1.82, 2.24) is 15.5 Å². The Kier molecular flexibility index (Phi) is 12.8. The first kappa shape index (κ1) is 21.2. The highest BCUT2D eigenvalue weighted by atomic mass is 16.5. The molecule has 24 heavy (non-hydrogen) atoms. The molecule has 2 N–H and O–H groups in total. The van der Waals surface area contributed by atoms with E-state index in [-0.39, 0.29) is 0 Å². The summed E-state index contributed by atoms with van der Waals surface area (Å²) in [5.41, 5.74) is 0. The number of hydrogen-bond donors (Lipinski definition) is 2. The highest BCUT2D eigenvalue weighted by Crippen LogP contribution is 2.11. The van der Waals surface area contributed by atoms with Crippen LogP contribution in [0.15, 0.2) is 4.99 Å². The Balaban J connectivity index is 2.07. The molecule has 0 aromatic rings. The van der Waals surface area contributed by atoms with Gasteiger partial charge in [0.15, 0.2) is 5.96 Å². The van der Waals surface area contributed by atoms with Gasteiger partial charge in [0.05, 0.1) is 12.7 Å². The zero-order valence-electron chi connectivity index (χ0n) is 16.0. The average molecular weight is 343 g/mol. The second kappa shape index (κ2) is 14.5. The van der Waals surface area contributed by atoms with Crippen molar-refractivity contribution in [2.24, 2.45) is 4.99 Å². The Hall–Kier alpha value is -0.850. The van der Waals surface area contributed by atoms with Gasteiger partial charge >= 0.3 is 0 Å². The molecule has 0 spiro atoms. The summed E-state index contributed by atoms with van der Waals surface area (Å²) < 4.78 is 11.2. The third-order valence-corrected chi connectivity index (χ3v) is 4.07. The number of aliphatic imine (C=N–C) groups is 1. The molecule has 0 aliphatic carbocycles. The van der Waals surface area contributed by atoms with Crippen molar-refractivity contribution < 1.29 is 9.47 Å². The van der Waals surface area contributed by atoms with Gasteiger partial charge in [0.2, 0.25) is 0 Å². The average Bonchev–Trinajstić information content (AvgIpc) is 3.09. The lowest BCUT2D eigenvalue weighted by Crippen LogP contribution is -2.41. The van der Waals surface area contributed by atoms with Crippen LogP contribution < -0.4 is 10.6 Å². The number of guanidine groups is 1. The lowest BCUT2D eigenvalue weighted by atomic mass is 10.2. The van der Waals surface area contributed by atoms with Gasteiger partial charge in [0.1, 0.15) is 0 Å². The third kappa shape index (κ3) is 10.8. The van der Waals surface area contributed by atoms with E-state index in [1.54, 1.807) is 0 Å². The molecule has 1 saturated heterocycles. The molecule has 1 rings (SSSR count). The van der Waals surface area contributed by atoms with Crippen LogP contribution in [-0.2, 0) is 9.47 Å². The monoisotopic (exact) mass is 342 g/mol. The molecule has 142 valence electrons. The number of rotatable bonds is 13. The van der Waals surface area contributed by atoms with E-state index in [9.17, 15) is 0 Å². The van der Waals surface area contributed by atoms with Gasteiger partial charge in [0, 0.05) is 39.4 Å². The zero-order valence-corrected chi connectivity index (χ0v) is 16.0. The molecule has 1 aliphatic rings. The van der Waals surface area contributed by atoms with Crippen molar-refractivity contribution in [2.45, 2.75) is 52.1 Å². The highest BCUT2D eigenvalue weighted by Gasteiger charge is 2.14. The summed E-state index contributed by atoms with van der Waals surface area (Å²) in [7, 11) is 2.17. The summed E-state index contributed by atoms with van der Waals surface area (Å²) in [5.74, 6) is 0.903. The van der Waals surface area contributed by atoms with Crippen LogP contribution in [0.4, 0.5) is 0 Å². The Morgan fingerprint density at radius 1 is 1.25 bits per heavy atom. The molecule has 0 aromatic carbocycles. The quantitative estimate of drug-likeness (QED) is 0.304. The van der Waals surface area contributed by atoms with Crippen molar-refractivity contribution in [1.29, 1.82) is 0 Å². The topological polar surface area (TPSA) is 58.1 Å². The molecule has 1 atom stereocenters. The number of nitrogens with one attached hydrogen (secondary N) is 2. The fraction of sp³-hybridized carbons (Fsp3) is 0.944. The summed E-state index contributed by atoms with van der Waals surface area (Å²) >= 11 is 0. The van der Waals surface area contributed by atoms with E-state index < -0.39 is 0 Å².